The summed E-state index contributed by atoms with van der Waals surface area (Å²) in [7, 11) is 0. The van der Waals surface area contributed by atoms with E-state index in [4.69, 9.17) is 17.3 Å². The van der Waals surface area contributed by atoms with Crippen LogP contribution in [-0.4, -0.2) is 29.8 Å². The van der Waals surface area contributed by atoms with Gasteiger partial charge in [-0.25, -0.2) is 0 Å². The number of rotatable bonds is 7. The minimum Gasteiger partial charge on any atom is -0.369 e. The van der Waals surface area contributed by atoms with Gasteiger partial charge in [0.15, 0.2) is 0 Å². The Kier molecular flexibility index (Phi) is 7.25. The molecule has 0 aliphatic carbocycles. The Labute approximate surface area is 196 Å². The number of carbonyl (C=O) groups excluding carboxylic acids is 2. The summed E-state index contributed by atoms with van der Waals surface area (Å²) in [5.74, 6) is -0.437. The lowest BCUT2D eigenvalue weighted by Gasteiger charge is -2.31. The highest BCUT2D eigenvalue weighted by Gasteiger charge is 2.23. The fraction of sp³-hybridized carbons (Fsp3) is 0.280. The molecule has 2 heterocycles. The number of nitrogens with zero attached hydrogens (tertiary/aromatic N) is 1. The third kappa shape index (κ3) is 5.57. The number of halogens is 1. The van der Waals surface area contributed by atoms with Gasteiger partial charge in [0.2, 0.25) is 11.8 Å². The summed E-state index contributed by atoms with van der Waals surface area (Å²) in [6.07, 6.45) is 5.15. The molecule has 1 aromatic heterocycles. The van der Waals surface area contributed by atoms with Crippen molar-refractivity contribution in [2.24, 2.45) is 11.7 Å². The minimum atomic E-state index is -0.212. The lowest BCUT2D eigenvalue weighted by atomic mass is 9.97. The molecule has 1 aliphatic rings. The first-order chi connectivity index (χ1) is 15.5. The van der Waals surface area contributed by atoms with E-state index in [9.17, 15) is 9.59 Å². The number of nitrogens with two attached hydrogens (primary N) is 1. The summed E-state index contributed by atoms with van der Waals surface area (Å²) in [6.45, 7) is 2.90. The van der Waals surface area contributed by atoms with Gasteiger partial charge in [0.05, 0.1) is 10.9 Å². The van der Waals surface area contributed by atoms with Crippen molar-refractivity contribution in [1.82, 2.24) is 10.2 Å². The maximum absolute atomic E-state index is 12.3. The smallest absolute Gasteiger partial charge is 0.244 e. The van der Waals surface area contributed by atoms with Crippen molar-refractivity contribution >= 4 is 50.9 Å². The summed E-state index contributed by atoms with van der Waals surface area (Å²) in [5.41, 5.74) is 7.68. The number of amides is 2. The maximum Gasteiger partial charge on any atom is 0.244 e. The van der Waals surface area contributed by atoms with Crippen molar-refractivity contribution in [2.75, 3.05) is 13.1 Å². The number of hydrogen-bond donors (Lipinski definition) is 2. The predicted octanol–water partition coefficient (Wildman–Crippen LogP) is 4.58. The molecule has 0 radical (unpaired) electrons. The van der Waals surface area contributed by atoms with E-state index in [0.29, 0.717) is 18.1 Å². The van der Waals surface area contributed by atoms with Gasteiger partial charge in [-0.1, -0.05) is 54.1 Å². The van der Waals surface area contributed by atoms with Crippen LogP contribution in [0.15, 0.2) is 54.6 Å². The summed E-state index contributed by atoms with van der Waals surface area (Å²) >= 11 is 8.00. The molecule has 3 N–H and O–H groups in total. The van der Waals surface area contributed by atoms with Crippen LogP contribution >= 0.6 is 22.9 Å². The third-order valence-electron chi connectivity index (χ3n) is 5.72. The van der Waals surface area contributed by atoms with Gasteiger partial charge in [0.1, 0.15) is 0 Å². The monoisotopic (exact) mass is 467 g/mol. The van der Waals surface area contributed by atoms with Crippen LogP contribution in [0.5, 0.6) is 0 Å². The van der Waals surface area contributed by atoms with E-state index in [1.807, 2.05) is 36.4 Å². The van der Waals surface area contributed by atoms with Gasteiger partial charge in [-0.2, -0.15) is 0 Å². The molecule has 7 heteroatoms. The van der Waals surface area contributed by atoms with Gasteiger partial charge in [-0.15, -0.1) is 11.3 Å². The molecule has 0 spiro atoms. The first-order valence-electron chi connectivity index (χ1n) is 10.7. The van der Waals surface area contributed by atoms with E-state index in [1.54, 1.807) is 17.4 Å². The van der Waals surface area contributed by atoms with Gasteiger partial charge < -0.3 is 11.1 Å². The Morgan fingerprint density at radius 2 is 2.00 bits per heavy atom. The number of fused-ring (bicyclic) bond motifs is 1. The average Bonchev–Trinajstić information content (AvgIpc) is 3.12. The standard InChI is InChI=1S/C25H26ClN3O2S/c26-24-20-8-1-2-9-21(20)32-22(24)10-11-23(30)28-14-17-5-3-6-18(13-17)15-29-12-4-7-19(16-29)25(27)31/h1-3,5-6,8-11,13,19H,4,7,12,14-16H2,(H2,27,31)(H,28,30)/b11-10+. The predicted molar refractivity (Wildman–Crippen MR) is 131 cm³/mol. The van der Waals surface area contributed by atoms with Crippen LogP contribution in [-0.2, 0) is 22.7 Å². The van der Waals surface area contributed by atoms with Gasteiger partial charge in [0, 0.05) is 40.7 Å². The van der Waals surface area contributed by atoms with Crippen molar-refractivity contribution in [1.29, 1.82) is 0 Å². The second-order valence-corrected chi connectivity index (χ2v) is 9.59. The molecule has 1 fully saturated rings. The molecule has 1 aliphatic heterocycles. The van der Waals surface area contributed by atoms with Crippen molar-refractivity contribution in [3.05, 3.63) is 75.6 Å². The Morgan fingerprint density at radius 1 is 1.19 bits per heavy atom. The number of primary amides is 1. The largest absolute Gasteiger partial charge is 0.369 e. The highest BCUT2D eigenvalue weighted by Crippen LogP contribution is 2.35. The molecule has 1 saturated heterocycles. The van der Waals surface area contributed by atoms with Crippen LogP contribution in [0, 0.1) is 5.92 Å². The van der Waals surface area contributed by atoms with Crippen LogP contribution in [0.2, 0.25) is 5.02 Å². The van der Waals surface area contributed by atoms with Crippen LogP contribution in [0.25, 0.3) is 16.2 Å². The third-order valence-corrected chi connectivity index (χ3v) is 7.37. The highest BCUT2D eigenvalue weighted by molar-refractivity contribution is 7.20. The molecule has 166 valence electrons. The topological polar surface area (TPSA) is 75.4 Å². The number of piperidine rings is 1. The summed E-state index contributed by atoms with van der Waals surface area (Å²) in [5, 5.41) is 4.62. The molecule has 4 rings (SSSR count). The van der Waals surface area contributed by atoms with Crippen LogP contribution in [0.3, 0.4) is 0 Å². The second-order valence-electron chi connectivity index (χ2n) is 8.12. The van der Waals surface area contributed by atoms with E-state index >= 15 is 0 Å². The SMILES string of the molecule is NC(=O)C1CCCN(Cc2cccc(CNC(=O)/C=C/c3sc4ccccc4c3Cl)c2)C1. The van der Waals surface area contributed by atoms with E-state index in [1.165, 1.54) is 6.08 Å². The van der Waals surface area contributed by atoms with Crippen molar-refractivity contribution in [3.63, 3.8) is 0 Å². The van der Waals surface area contributed by atoms with Crippen LogP contribution in [0.4, 0.5) is 0 Å². The van der Waals surface area contributed by atoms with E-state index in [2.05, 4.69) is 22.3 Å². The zero-order valence-corrected chi connectivity index (χ0v) is 19.3. The van der Waals surface area contributed by atoms with Crippen molar-refractivity contribution in [3.8, 4) is 0 Å². The Bertz CT molecular complexity index is 1160. The maximum atomic E-state index is 12.3. The fourth-order valence-electron chi connectivity index (χ4n) is 4.07. The quantitative estimate of drug-likeness (QED) is 0.499. The Morgan fingerprint density at radius 3 is 2.81 bits per heavy atom. The molecule has 1 unspecified atom stereocenters. The van der Waals surface area contributed by atoms with E-state index in [0.717, 1.165) is 52.0 Å². The number of thiophene rings is 1. The van der Waals surface area contributed by atoms with Crippen molar-refractivity contribution in [2.45, 2.75) is 25.9 Å². The number of carbonyl (C=O) groups is 2. The van der Waals surface area contributed by atoms with Crippen molar-refractivity contribution < 1.29 is 9.59 Å². The molecule has 2 amide bonds. The van der Waals surface area contributed by atoms with Crippen LogP contribution < -0.4 is 11.1 Å². The van der Waals surface area contributed by atoms with Gasteiger partial charge in [0.25, 0.3) is 0 Å². The first-order valence-corrected chi connectivity index (χ1v) is 11.9. The van der Waals surface area contributed by atoms with Gasteiger partial charge >= 0.3 is 0 Å². The fourth-order valence-corrected chi connectivity index (χ4v) is 5.47. The molecular formula is C25H26ClN3O2S. The normalized spacial score (nSPS) is 17.1. The Balaban J connectivity index is 1.32. The first kappa shape index (κ1) is 22.5. The van der Waals surface area contributed by atoms with E-state index in [-0.39, 0.29) is 17.7 Å². The summed E-state index contributed by atoms with van der Waals surface area (Å²) in [4.78, 5) is 27.0. The van der Waals surface area contributed by atoms with E-state index < -0.39 is 0 Å². The molecule has 2 aromatic carbocycles. The average molecular weight is 468 g/mol. The molecule has 3 aromatic rings. The number of nitrogens with one attached hydrogen (secondary N) is 1. The lowest BCUT2D eigenvalue weighted by Crippen LogP contribution is -2.40. The molecule has 0 bridgehead atoms. The molecular weight excluding hydrogens is 442 g/mol. The summed E-state index contributed by atoms with van der Waals surface area (Å²) in [6, 6.07) is 16.1. The van der Waals surface area contributed by atoms with Gasteiger partial charge in [-0.05, 0) is 42.7 Å². The zero-order chi connectivity index (χ0) is 22.5. The van der Waals surface area contributed by atoms with Crippen LogP contribution in [0.1, 0.15) is 28.8 Å². The molecule has 5 nitrogen and oxygen atoms in total. The Hall–Kier alpha value is -2.67. The molecule has 0 saturated carbocycles. The number of hydrogen-bond acceptors (Lipinski definition) is 4. The lowest BCUT2D eigenvalue weighted by molar-refractivity contribution is -0.123. The summed E-state index contributed by atoms with van der Waals surface area (Å²) < 4.78 is 1.10. The second kappa shape index (κ2) is 10.3. The highest BCUT2D eigenvalue weighted by atomic mass is 35.5. The minimum absolute atomic E-state index is 0.0625. The zero-order valence-electron chi connectivity index (χ0n) is 17.7. The van der Waals surface area contributed by atoms with Gasteiger partial charge in [-0.3, -0.25) is 14.5 Å². The molecule has 1 atom stereocenters. The number of benzene rings is 2. The molecule has 32 heavy (non-hydrogen) atoms. The number of likely N-dealkylation sites (tertiary alicyclic amines) is 1.